The molecule has 0 aliphatic carbocycles. The summed E-state index contributed by atoms with van der Waals surface area (Å²) in [5.74, 6) is -0.358. The summed E-state index contributed by atoms with van der Waals surface area (Å²) >= 11 is 12.1. The van der Waals surface area contributed by atoms with Crippen LogP contribution in [0.4, 0.5) is 4.39 Å². The van der Waals surface area contributed by atoms with Crippen molar-refractivity contribution < 1.29 is 13.9 Å². The smallest absolute Gasteiger partial charge is 0.258 e. The van der Waals surface area contributed by atoms with E-state index in [1.54, 1.807) is 24.3 Å². The van der Waals surface area contributed by atoms with Crippen LogP contribution in [0, 0.1) is 5.82 Å². The Morgan fingerprint density at radius 3 is 2.69 bits per heavy atom. The van der Waals surface area contributed by atoms with Gasteiger partial charge in [-0.1, -0.05) is 35.3 Å². The van der Waals surface area contributed by atoms with Crippen molar-refractivity contribution in [3.8, 4) is 5.88 Å². The largest absolute Gasteiger partial charge is 0.467 e. The topological polar surface area (TPSA) is 64.1 Å². The highest BCUT2D eigenvalue weighted by atomic mass is 35.5. The number of halogens is 3. The van der Waals surface area contributed by atoms with Gasteiger partial charge in [0.2, 0.25) is 5.88 Å². The van der Waals surface area contributed by atoms with E-state index in [0.717, 1.165) is 5.56 Å². The number of aromatic nitrogens is 2. The van der Waals surface area contributed by atoms with Crippen molar-refractivity contribution in [2.75, 3.05) is 13.2 Å². The van der Waals surface area contributed by atoms with Gasteiger partial charge in [-0.15, -0.1) is 0 Å². The molecule has 5 nitrogen and oxygen atoms in total. The second-order valence-electron chi connectivity index (χ2n) is 5.48. The van der Waals surface area contributed by atoms with E-state index in [4.69, 9.17) is 27.9 Å². The van der Waals surface area contributed by atoms with E-state index in [1.165, 1.54) is 18.5 Å². The number of hydrogen-bond acceptors (Lipinski definition) is 4. The summed E-state index contributed by atoms with van der Waals surface area (Å²) in [7, 11) is 0. The Bertz CT molecular complexity index is 936. The van der Waals surface area contributed by atoms with Gasteiger partial charge in [0.15, 0.2) is 6.61 Å². The molecule has 0 unspecified atom stereocenters. The van der Waals surface area contributed by atoms with Crippen LogP contribution in [-0.4, -0.2) is 29.0 Å². The van der Waals surface area contributed by atoms with Crippen molar-refractivity contribution in [2.24, 2.45) is 0 Å². The van der Waals surface area contributed by atoms with E-state index < -0.39 is 0 Å². The molecule has 3 rings (SSSR count). The maximum absolute atomic E-state index is 12.8. The molecular weight excluding hydrogens is 380 g/mol. The third-order valence-corrected chi connectivity index (χ3v) is 4.12. The molecule has 1 amide bonds. The lowest BCUT2D eigenvalue weighted by Gasteiger charge is -2.09. The Balaban J connectivity index is 1.56. The van der Waals surface area contributed by atoms with E-state index >= 15 is 0 Å². The van der Waals surface area contributed by atoms with Crippen molar-refractivity contribution in [2.45, 2.75) is 6.42 Å². The minimum Gasteiger partial charge on any atom is -0.467 e. The predicted molar refractivity (Wildman–Crippen MR) is 98.2 cm³/mol. The zero-order chi connectivity index (χ0) is 18.5. The van der Waals surface area contributed by atoms with Crippen LogP contribution >= 0.6 is 23.2 Å². The molecule has 1 heterocycles. The molecule has 0 aliphatic heterocycles. The van der Waals surface area contributed by atoms with Crippen LogP contribution in [0.2, 0.25) is 10.0 Å². The maximum atomic E-state index is 12.8. The number of carbonyl (C=O) groups is 1. The van der Waals surface area contributed by atoms with E-state index in [-0.39, 0.29) is 24.2 Å². The van der Waals surface area contributed by atoms with E-state index in [0.29, 0.717) is 33.9 Å². The summed E-state index contributed by atoms with van der Waals surface area (Å²) in [6.45, 7) is 0.204. The van der Waals surface area contributed by atoms with Crippen molar-refractivity contribution in [3.05, 3.63) is 64.2 Å². The number of ether oxygens (including phenoxy) is 1. The lowest BCUT2D eigenvalue weighted by Crippen LogP contribution is -2.30. The Kier molecular flexibility index (Phi) is 5.85. The fraction of sp³-hybridized carbons (Fsp3) is 0.167. The fourth-order valence-corrected chi connectivity index (χ4v) is 2.91. The lowest BCUT2D eigenvalue weighted by atomic mass is 10.1. The number of benzene rings is 2. The number of nitrogens with one attached hydrogen (secondary N) is 1. The van der Waals surface area contributed by atoms with Gasteiger partial charge in [0.25, 0.3) is 5.91 Å². The molecule has 1 aromatic heterocycles. The predicted octanol–water partition coefficient (Wildman–Crippen LogP) is 3.81. The second kappa shape index (κ2) is 8.29. The molecule has 0 fully saturated rings. The minimum atomic E-state index is -0.299. The van der Waals surface area contributed by atoms with Crippen LogP contribution in [-0.2, 0) is 11.2 Å². The van der Waals surface area contributed by atoms with Gasteiger partial charge in [0.05, 0.1) is 15.9 Å². The number of rotatable bonds is 6. The lowest BCUT2D eigenvalue weighted by molar-refractivity contribution is -0.123. The molecule has 0 atom stereocenters. The summed E-state index contributed by atoms with van der Waals surface area (Å²) < 4.78 is 18.3. The first-order valence-electron chi connectivity index (χ1n) is 7.76. The van der Waals surface area contributed by atoms with Crippen LogP contribution in [0.5, 0.6) is 5.88 Å². The molecule has 0 radical (unpaired) electrons. The maximum Gasteiger partial charge on any atom is 0.258 e. The average Bonchev–Trinajstić information content (AvgIpc) is 2.61. The van der Waals surface area contributed by atoms with Crippen LogP contribution < -0.4 is 10.1 Å². The van der Waals surface area contributed by atoms with Crippen LogP contribution in [0.1, 0.15) is 5.56 Å². The van der Waals surface area contributed by atoms with Gasteiger partial charge in [-0.25, -0.2) is 14.4 Å². The molecule has 134 valence electrons. The third-order valence-electron chi connectivity index (χ3n) is 3.61. The Morgan fingerprint density at radius 2 is 1.92 bits per heavy atom. The number of fused-ring (bicyclic) bond motifs is 1. The van der Waals surface area contributed by atoms with E-state index in [1.807, 2.05) is 0 Å². The number of nitrogens with zero attached hydrogens (tertiary/aromatic N) is 2. The Morgan fingerprint density at radius 1 is 1.15 bits per heavy atom. The molecule has 3 aromatic rings. The molecule has 1 N–H and O–H groups in total. The van der Waals surface area contributed by atoms with Gasteiger partial charge in [0.1, 0.15) is 12.1 Å². The van der Waals surface area contributed by atoms with E-state index in [2.05, 4.69) is 15.3 Å². The van der Waals surface area contributed by atoms with Crippen molar-refractivity contribution in [1.82, 2.24) is 15.3 Å². The molecular formula is C18H14Cl2FN3O2. The van der Waals surface area contributed by atoms with Gasteiger partial charge >= 0.3 is 0 Å². The highest BCUT2D eigenvalue weighted by Gasteiger charge is 2.11. The normalized spacial score (nSPS) is 10.7. The minimum absolute atomic E-state index is 0.209. The Labute approximate surface area is 159 Å². The molecule has 0 bridgehead atoms. The Hall–Kier alpha value is -2.44. The van der Waals surface area contributed by atoms with E-state index in [9.17, 15) is 9.18 Å². The summed E-state index contributed by atoms with van der Waals surface area (Å²) in [5.41, 5.74) is 1.43. The van der Waals surface area contributed by atoms with Gasteiger partial charge < -0.3 is 10.1 Å². The number of hydrogen-bond donors (Lipinski definition) is 1. The van der Waals surface area contributed by atoms with Gasteiger partial charge in [-0.05, 0) is 36.2 Å². The molecule has 0 saturated carbocycles. The monoisotopic (exact) mass is 393 g/mol. The molecule has 0 aliphatic rings. The first-order chi connectivity index (χ1) is 12.5. The number of carbonyl (C=O) groups excluding carboxylic acids is 1. The molecule has 26 heavy (non-hydrogen) atoms. The SMILES string of the molecule is O=C(COc1ncnc2c(Cl)cc(Cl)cc12)NCCc1ccc(F)cc1. The average molecular weight is 394 g/mol. The first kappa shape index (κ1) is 18.4. The summed E-state index contributed by atoms with van der Waals surface area (Å²) in [6.07, 6.45) is 1.90. The molecule has 8 heteroatoms. The van der Waals surface area contributed by atoms with Gasteiger partial charge in [-0.3, -0.25) is 4.79 Å². The second-order valence-corrected chi connectivity index (χ2v) is 6.32. The third kappa shape index (κ3) is 4.59. The summed E-state index contributed by atoms with van der Waals surface area (Å²) in [5, 5.41) is 4.07. The standard InChI is InChI=1S/C18H14Cl2FN3O2/c19-12-7-14-17(15(20)8-12)23-10-24-18(14)26-9-16(25)22-6-5-11-1-3-13(21)4-2-11/h1-4,7-8,10H,5-6,9H2,(H,22,25). The van der Waals surface area contributed by atoms with Crippen molar-refractivity contribution in [1.29, 1.82) is 0 Å². The molecule has 2 aromatic carbocycles. The number of amides is 1. The summed E-state index contributed by atoms with van der Waals surface area (Å²) in [6, 6.07) is 9.33. The molecule has 0 spiro atoms. The van der Waals surface area contributed by atoms with Gasteiger partial charge in [-0.2, -0.15) is 0 Å². The van der Waals surface area contributed by atoms with Crippen LogP contribution in [0.15, 0.2) is 42.7 Å². The summed E-state index contributed by atoms with van der Waals surface area (Å²) in [4.78, 5) is 20.1. The van der Waals surface area contributed by atoms with Crippen LogP contribution in [0.3, 0.4) is 0 Å². The highest BCUT2D eigenvalue weighted by Crippen LogP contribution is 2.30. The quantitative estimate of drug-likeness (QED) is 0.691. The fourth-order valence-electron chi connectivity index (χ4n) is 2.37. The highest BCUT2D eigenvalue weighted by molar-refractivity contribution is 6.38. The first-order valence-corrected chi connectivity index (χ1v) is 8.52. The zero-order valence-corrected chi connectivity index (χ0v) is 15.0. The van der Waals surface area contributed by atoms with Gasteiger partial charge in [0, 0.05) is 11.6 Å². The zero-order valence-electron chi connectivity index (χ0n) is 13.5. The molecule has 0 saturated heterocycles. The van der Waals surface area contributed by atoms with Crippen molar-refractivity contribution >= 4 is 40.0 Å². The van der Waals surface area contributed by atoms with Crippen LogP contribution in [0.25, 0.3) is 10.9 Å². The van der Waals surface area contributed by atoms with Crippen molar-refractivity contribution in [3.63, 3.8) is 0 Å².